The first-order chi connectivity index (χ1) is 3.85. The van der Waals surface area contributed by atoms with Crippen LogP contribution in [0.3, 0.4) is 0 Å². The van der Waals surface area contributed by atoms with E-state index in [1.165, 1.54) is 0 Å². The SMILES string of the molecule is CNCC(NC)NC. The molecule has 3 heteroatoms. The molecule has 8 heavy (non-hydrogen) atoms. The smallest absolute Gasteiger partial charge is 0.0695 e. The Kier molecular flexibility index (Phi) is 4.95. The lowest BCUT2D eigenvalue weighted by atomic mass is 10.5. The monoisotopic (exact) mass is 117 g/mol. The Balaban J connectivity index is 3.07. The molecule has 0 rings (SSSR count). The van der Waals surface area contributed by atoms with E-state index in [-0.39, 0.29) is 0 Å². The number of nitrogens with one attached hydrogen (secondary N) is 3. The second kappa shape index (κ2) is 5.03. The highest BCUT2D eigenvalue weighted by molar-refractivity contribution is 4.58. The van der Waals surface area contributed by atoms with Gasteiger partial charge in [0.1, 0.15) is 0 Å². The Hall–Kier alpha value is -0.120. The Labute approximate surface area is 50.8 Å². The molecule has 0 aromatic carbocycles. The molecule has 0 saturated carbocycles. The number of hydrogen-bond donors (Lipinski definition) is 3. The molecule has 0 amide bonds. The number of likely N-dealkylation sites (N-methyl/N-ethyl adjacent to an activating group) is 3. The van der Waals surface area contributed by atoms with Crippen LogP contribution < -0.4 is 16.0 Å². The summed E-state index contributed by atoms with van der Waals surface area (Å²) < 4.78 is 0. The van der Waals surface area contributed by atoms with Crippen LogP contribution in [-0.4, -0.2) is 33.9 Å². The average Bonchev–Trinajstić information content (AvgIpc) is 1.83. The van der Waals surface area contributed by atoms with Crippen molar-refractivity contribution in [1.29, 1.82) is 0 Å². The summed E-state index contributed by atoms with van der Waals surface area (Å²) in [5.41, 5.74) is 0. The Morgan fingerprint density at radius 3 is 1.75 bits per heavy atom. The summed E-state index contributed by atoms with van der Waals surface area (Å²) in [7, 11) is 5.79. The fourth-order valence-corrected chi connectivity index (χ4v) is 0.553. The minimum absolute atomic E-state index is 0.389. The maximum atomic E-state index is 3.08. The summed E-state index contributed by atoms with van der Waals surface area (Å²) >= 11 is 0. The van der Waals surface area contributed by atoms with Crippen LogP contribution in [0.5, 0.6) is 0 Å². The van der Waals surface area contributed by atoms with E-state index in [9.17, 15) is 0 Å². The molecule has 0 radical (unpaired) electrons. The predicted molar refractivity (Wildman–Crippen MR) is 35.8 cm³/mol. The van der Waals surface area contributed by atoms with Gasteiger partial charge in [-0.25, -0.2) is 0 Å². The van der Waals surface area contributed by atoms with Gasteiger partial charge >= 0.3 is 0 Å². The molecule has 0 spiro atoms. The van der Waals surface area contributed by atoms with Gasteiger partial charge in [-0.05, 0) is 21.1 Å². The van der Waals surface area contributed by atoms with Gasteiger partial charge in [0.15, 0.2) is 0 Å². The molecule has 0 heterocycles. The summed E-state index contributed by atoms with van der Waals surface area (Å²) in [6, 6.07) is 0. The van der Waals surface area contributed by atoms with Gasteiger partial charge in [0.2, 0.25) is 0 Å². The molecule has 0 aliphatic rings. The minimum Gasteiger partial charge on any atom is -0.317 e. The first-order valence-electron chi connectivity index (χ1n) is 2.84. The van der Waals surface area contributed by atoms with E-state index >= 15 is 0 Å². The van der Waals surface area contributed by atoms with Crippen molar-refractivity contribution in [2.75, 3.05) is 27.7 Å². The zero-order valence-electron chi connectivity index (χ0n) is 5.78. The number of rotatable bonds is 4. The van der Waals surface area contributed by atoms with Gasteiger partial charge in [-0.15, -0.1) is 0 Å². The lowest BCUT2D eigenvalue weighted by Crippen LogP contribution is -2.44. The largest absolute Gasteiger partial charge is 0.317 e. The third-order valence-electron chi connectivity index (χ3n) is 1.11. The zero-order valence-corrected chi connectivity index (χ0v) is 5.78. The molecule has 0 aliphatic heterocycles. The summed E-state index contributed by atoms with van der Waals surface area (Å²) in [5, 5.41) is 9.20. The number of hydrogen-bond acceptors (Lipinski definition) is 3. The van der Waals surface area contributed by atoms with Gasteiger partial charge in [-0.2, -0.15) is 0 Å². The fourth-order valence-electron chi connectivity index (χ4n) is 0.553. The molecule has 0 aromatic heterocycles. The maximum absolute atomic E-state index is 3.08. The van der Waals surface area contributed by atoms with Crippen molar-refractivity contribution in [3.8, 4) is 0 Å². The predicted octanol–water partition coefficient (Wildman–Crippen LogP) is -1.03. The van der Waals surface area contributed by atoms with Crippen LogP contribution in [0.25, 0.3) is 0 Å². The van der Waals surface area contributed by atoms with Crippen LogP contribution in [0.15, 0.2) is 0 Å². The second-order valence-electron chi connectivity index (χ2n) is 1.69. The van der Waals surface area contributed by atoms with E-state index in [1.807, 2.05) is 21.1 Å². The van der Waals surface area contributed by atoms with Gasteiger partial charge in [0.05, 0.1) is 6.17 Å². The van der Waals surface area contributed by atoms with Crippen LogP contribution in [0.2, 0.25) is 0 Å². The molecular formula is C5H15N3. The molecule has 50 valence electrons. The summed E-state index contributed by atoms with van der Waals surface area (Å²) in [6.45, 7) is 0.951. The Morgan fingerprint density at radius 2 is 1.62 bits per heavy atom. The van der Waals surface area contributed by atoms with E-state index < -0.39 is 0 Å². The molecule has 3 N–H and O–H groups in total. The van der Waals surface area contributed by atoms with Gasteiger partial charge in [-0.1, -0.05) is 0 Å². The van der Waals surface area contributed by atoms with Crippen molar-refractivity contribution < 1.29 is 0 Å². The van der Waals surface area contributed by atoms with Crippen molar-refractivity contribution in [3.05, 3.63) is 0 Å². The summed E-state index contributed by atoms with van der Waals surface area (Å²) in [4.78, 5) is 0. The van der Waals surface area contributed by atoms with Gasteiger partial charge in [-0.3, -0.25) is 0 Å². The molecular weight excluding hydrogens is 102 g/mol. The highest BCUT2D eigenvalue weighted by Crippen LogP contribution is 1.66. The third kappa shape index (κ3) is 2.96. The quantitative estimate of drug-likeness (QED) is 0.412. The maximum Gasteiger partial charge on any atom is 0.0695 e. The van der Waals surface area contributed by atoms with E-state index in [4.69, 9.17) is 0 Å². The van der Waals surface area contributed by atoms with Crippen LogP contribution in [0.4, 0.5) is 0 Å². The second-order valence-corrected chi connectivity index (χ2v) is 1.69. The Bertz CT molecular complexity index is 42.9. The molecule has 0 fully saturated rings. The van der Waals surface area contributed by atoms with Crippen molar-refractivity contribution in [2.45, 2.75) is 6.17 Å². The van der Waals surface area contributed by atoms with Crippen LogP contribution in [0, 0.1) is 0 Å². The van der Waals surface area contributed by atoms with Gasteiger partial charge in [0, 0.05) is 6.54 Å². The average molecular weight is 117 g/mol. The van der Waals surface area contributed by atoms with Crippen LogP contribution in [-0.2, 0) is 0 Å². The lowest BCUT2D eigenvalue weighted by Gasteiger charge is -2.13. The van der Waals surface area contributed by atoms with Crippen LogP contribution in [0.1, 0.15) is 0 Å². The fraction of sp³-hybridized carbons (Fsp3) is 1.00. The molecule has 0 saturated heterocycles. The van der Waals surface area contributed by atoms with Crippen LogP contribution >= 0.6 is 0 Å². The molecule has 0 aromatic rings. The lowest BCUT2D eigenvalue weighted by molar-refractivity contribution is 0.474. The molecule has 0 aliphatic carbocycles. The van der Waals surface area contributed by atoms with Crippen molar-refractivity contribution >= 4 is 0 Å². The highest BCUT2D eigenvalue weighted by Gasteiger charge is 1.95. The summed E-state index contributed by atoms with van der Waals surface area (Å²) in [5.74, 6) is 0. The first kappa shape index (κ1) is 7.88. The zero-order chi connectivity index (χ0) is 6.41. The first-order valence-corrected chi connectivity index (χ1v) is 2.84. The standard InChI is InChI=1S/C5H15N3/c1-6-4-5(7-2)8-3/h5-8H,4H2,1-3H3. The molecule has 0 atom stereocenters. The van der Waals surface area contributed by atoms with E-state index in [0.29, 0.717) is 6.17 Å². The molecule has 3 nitrogen and oxygen atoms in total. The highest BCUT2D eigenvalue weighted by atomic mass is 15.1. The molecule has 0 unspecified atom stereocenters. The molecule has 0 bridgehead atoms. The normalized spacial score (nSPS) is 10.5. The van der Waals surface area contributed by atoms with E-state index in [1.54, 1.807) is 0 Å². The van der Waals surface area contributed by atoms with Crippen molar-refractivity contribution in [3.63, 3.8) is 0 Å². The summed E-state index contributed by atoms with van der Waals surface area (Å²) in [6.07, 6.45) is 0.389. The van der Waals surface area contributed by atoms with Gasteiger partial charge < -0.3 is 16.0 Å². The minimum atomic E-state index is 0.389. The van der Waals surface area contributed by atoms with Crippen molar-refractivity contribution in [1.82, 2.24) is 16.0 Å². The van der Waals surface area contributed by atoms with E-state index in [0.717, 1.165) is 6.54 Å². The topological polar surface area (TPSA) is 36.1 Å². The Morgan fingerprint density at radius 1 is 1.12 bits per heavy atom. The van der Waals surface area contributed by atoms with E-state index in [2.05, 4.69) is 16.0 Å². The van der Waals surface area contributed by atoms with Gasteiger partial charge in [0.25, 0.3) is 0 Å². The third-order valence-corrected chi connectivity index (χ3v) is 1.11. The van der Waals surface area contributed by atoms with Crippen molar-refractivity contribution in [2.24, 2.45) is 0 Å².